The predicted octanol–water partition coefficient (Wildman–Crippen LogP) is 6.29. The third-order valence-electron chi connectivity index (χ3n) is 4.31. The van der Waals surface area contributed by atoms with Crippen molar-refractivity contribution in [3.05, 3.63) is 65.7 Å². The minimum absolute atomic E-state index is 0. The second kappa shape index (κ2) is 14.0. The van der Waals surface area contributed by atoms with Crippen LogP contribution in [-0.2, 0) is 4.79 Å². The van der Waals surface area contributed by atoms with Crippen molar-refractivity contribution < 1.29 is 15.7 Å². The molecule has 3 nitrogen and oxygen atoms in total. The second-order valence-electron chi connectivity index (χ2n) is 7.72. The number of hydrogen-bond donors (Lipinski definition) is 0. The summed E-state index contributed by atoms with van der Waals surface area (Å²) < 4.78 is 10.3. The Hall–Kier alpha value is -2.02. The number of hydrogen-bond acceptors (Lipinski definition) is 3. The molecule has 4 heteroatoms. The summed E-state index contributed by atoms with van der Waals surface area (Å²) in [6, 6.07) is 15.2. The van der Waals surface area contributed by atoms with Crippen LogP contribution in [0.4, 0.5) is 0 Å². The van der Waals surface area contributed by atoms with Gasteiger partial charge in [0.25, 0.3) is 0 Å². The van der Waals surface area contributed by atoms with E-state index in [0.717, 1.165) is 61.5 Å². The van der Waals surface area contributed by atoms with Gasteiger partial charge in [-0.1, -0.05) is 24.3 Å². The first kappa shape index (κ1) is 25.0. The maximum absolute atomic E-state index is 10.9. The average Bonchev–Trinajstić information content (AvgIpc) is 2.72. The summed E-state index contributed by atoms with van der Waals surface area (Å²) in [6.45, 7) is 9.25. The number of allylic oxidation sites excluding steroid dienone is 1. The zero-order valence-corrected chi connectivity index (χ0v) is 19.8. The van der Waals surface area contributed by atoms with Gasteiger partial charge in [-0.05, 0) is 47.0 Å². The topological polar surface area (TPSA) is 35.5 Å². The molecular weight excluding hydrogens is 375 g/mol. The molecule has 0 saturated heterocycles. The van der Waals surface area contributed by atoms with Crippen molar-refractivity contribution in [1.82, 2.24) is 0 Å². The van der Waals surface area contributed by atoms with Crippen molar-refractivity contribution in [3.8, 4) is 11.5 Å². The maximum Gasteiger partial charge on any atom is 0.143 e. The van der Waals surface area contributed by atoms with E-state index in [1.54, 1.807) is 20.3 Å². The summed E-state index contributed by atoms with van der Waals surface area (Å²) in [6.07, 6.45) is 2.35. The molecule has 2 aromatic carbocycles. The van der Waals surface area contributed by atoms with Crippen molar-refractivity contribution in [2.45, 2.75) is 38.3 Å². The molecule has 156 valence electrons. The van der Waals surface area contributed by atoms with Gasteiger partial charge in [0.1, 0.15) is 17.8 Å². The van der Waals surface area contributed by atoms with Crippen LogP contribution in [0.3, 0.4) is 0 Å². The molecule has 0 bridgehead atoms. The largest absolute Gasteiger partial charge is 1.00 e. The van der Waals surface area contributed by atoms with E-state index in [0.29, 0.717) is 0 Å². The number of aldehydes is 1. The summed E-state index contributed by atoms with van der Waals surface area (Å²) in [4.78, 5) is 10.9. The van der Waals surface area contributed by atoms with E-state index in [4.69, 9.17) is 9.47 Å². The molecule has 29 heavy (non-hydrogen) atoms. The molecule has 0 saturated carbocycles. The molecule has 0 spiro atoms. The Kier molecular flexibility index (Phi) is 12.1. The van der Waals surface area contributed by atoms with Gasteiger partial charge in [-0.3, -0.25) is 4.79 Å². The monoisotopic (exact) mass is 410 g/mol. The van der Waals surface area contributed by atoms with Gasteiger partial charge in [0.05, 0.1) is 14.2 Å². The number of rotatable bonds is 9. The molecular formula is C25H35AlO3. The van der Waals surface area contributed by atoms with Crippen LogP contribution in [0, 0.1) is 11.8 Å². The van der Waals surface area contributed by atoms with Crippen molar-refractivity contribution in [2.24, 2.45) is 11.8 Å². The van der Waals surface area contributed by atoms with E-state index in [2.05, 4.69) is 27.7 Å². The molecule has 0 fully saturated rings. The number of benzene rings is 2. The van der Waals surface area contributed by atoms with Crippen LogP contribution in [0.1, 0.15) is 40.2 Å². The summed E-state index contributed by atoms with van der Waals surface area (Å²) >= 11 is 0.755. The van der Waals surface area contributed by atoms with Crippen LogP contribution in [-0.4, -0.2) is 35.7 Å². The van der Waals surface area contributed by atoms with Crippen LogP contribution in [0.25, 0.3) is 5.57 Å². The molecule has 0 atom stereocenters. The van der Waals surface area contributed by atoms with Crippen LogP contribution < -0.4 is 9.47 Å². The molecule has 0 radical (unpaired) electrons. The molecule has 0 aliphatic rings. The van der Waals surface area contributed by atoms with Gasteiger partial charge < -0.3 is 10.9 Å². The fourth-order valence-corrected chi connectivity index (χ4v) is 4.26. The Balaban J connectivity index is 0.000000719. The Labute approximate surface area is 184 Å². The maximum atomic E-state index is 10.9. The molecule has 0 aliphatic carbocycles. The van der Waals surface area contributed by atoms with Crippen LogP contribution in [0.15, 0.2) is 54.6 Å². The first-order valence-corrected chi connectivity index (χ1v) is 11.8. The molecule has 2 aromatic rings. The standard InChI is InChI=1S/C17H16O3.2C4H9.Al.H/c1-19-15-7-3-13(4-8-15)17(11-12-18)14-5-9-16(20-2)10-6-14;2*1-4(2)3;;/h3-12H,1-2H3;2*4H,1H2,2-3H3;;/q;;;+1;-1. The van der Waals surface area contributed by atoms with Gasteiger partial charge in [0.15, 0.2) is 0 Å². The molecule has 0 unspecified atom stereocenters. The molecule has 0 heterocycles. The number of carbonyl (C=O) groups is 1. The SMILES string of the molecule is CC(C)[CH2][Al+][CH2]C(C)C.COc1ccc(C(=CC=O)c2ccc(OC)cc2)cc1.[H-]. The fourth-order valence-electron chi connectivity index (χ4n) is 2.73. The van der Waals surface area contributed by atoms with Crippen molar-refractivity contribution >= 4 is 27.1 Å². The van der Waals surface area contributed by atoms with Crippen molar-refractivity contribution in [1.29, 1.82) is 0 Å². The number of ether oxygens (including phenoxy) is 2. The first-order chi connectivity index (χ1) is 13.9. The zero-order valence-electron chi connectivity index (χ0n) is 19.6. The Morgan fingerprint density at radius 1 is 0.828 bits per heavy atom. The molecule has 2 rings (SSSR count). The van der Waals surface area contributed by atoms with Gasteiger partial charge >= 0.3 is 65.3 Å². The minimum Gasteiger partial charge on any atom is -1.00 e. The van der Waals surface area contributed by atoms with Gasteiger partial charge in [-0.2, -0.15) is 0 Å². The second-order valence-corrected chi connectivity index (χ2v) is 9.24. The fraction of sp³-hybridized carbons (Fsp3) is 0.400. The van der Waals surface area contributed by atoms with Gasteiger partial charge in [-0.25, -0.2) is 0 Å². The molecule has 0 aliphatic heterocycles. The van der Waals surface area contributed by atoms with Gasteiger partial charge in [-0.15, -0.1) is 0 Å². The summed E-state index contributed by atoms with van der Waals surface area (Å²) in [5.74, 6) is 3.43. The number of methoxy groups -OCH3 is 2. The minimum atomic E-state index is 0. The van der Waals surface area contributed by atoms with Crippen LogP contribution >= 0.6 is 0 Å². The summed E-state index contributed by atoms with van der Waals surface area (Å²) in [5.41, 5.74) is 2.79. The van der Waals surface area contributed by atoms with Crippen molar-refractivity contribution in [3.63, 3.8) is 0 Å². The van der Waals surface area contributed by atoms with E-state index >= 15 is 0 Å². The predicted molar refractivity (Wildman–Crippen MR) is 125 cm³/mol. The average molecular weight is 411 g/mol. The van der Waals surface area contributed by atoms with Gasteiger partial charge in [0.2, 0.25) is 0 Å². The summed E-state index contributed by atoms with van der Waals surface area (Å²) in [5, 5.41) is 2.97. The zero-order chi connectivity index (χ0) is 21.6. The third kappa shape index (κ3) is 9.83. The van der Waals surface area contributed by atoms with E-state index in [9.17, 15) is 4.79 Å². The van der Waals surface area contributed by atoms with E-state index in [1.807, 2.05) is 48.5 Å². The molecule has 0 amide bonds. The molecule has 0 N–H and O–H groups in total. The summed E-state index contributed by atoms with van der Waals surface area (Å²) in [7, 11) is 3.25. The van der Waals surface area contributed by atoms with E-state index in [1.165, 1.54) is 10.6 Å². The number of carbonyl (C=O) groups excluding carboxylic acids is 1. The smallest absolute Gasteiger partial charge is 0.143 e. The van der Waals surface area contributed by atoms with E-state index in [-0.39, 0.29) is 1.43 Å². The van der Waals surface area contributed by atoms with Crippen LogP contribution in [0.5, 0.6) is 11.5 Å². The Bertz CT molecular complexity index is 680. The first-order valence-electron chi connectivity index (χ1n) is 10.2. The normalized spacial score (nSPS) is 9.93. The Morgan fingerprint density at radius 3 is 1.48 bits per heavy atom. The van der Waals surface area contributed by atoms with Crippen molar-refractivity contribution in [2.75, 3.05) is 14.2 Å². The van der Waals surface area contributed by atoms with E-state index < -0.39 is 0 Å². The van der Waals surface area contributed by atoms with Gasteiger partial charge in [0, 0.05) is 0 Å². The Morgan fingerprint density at radius 2 is 1.21 bits per heavy atom. The van der Waals surface area contributed by atoms with Crippen LogP contribution in [0.2, 0.25) is 10.6 Å². The quantitative estimate of drug-likeness (QED) is 0.277. The third-order valence-corrected chi connectivity index (χ3v) is 6.87. The molecule has 0 aromatic heterocycles.